The molecule has 0 bridgehead atoms. The van der Waals surface area contributed by atoms with Gasteiger partial charge in [-0.15, -0.1) is 0 Å². The van der Waals surface area contributed by atoms with Crippen LogP contribution in [0.3, 0.4) is 0 Å². The summed E-state index contributed by atoms with van der Waals surface area (Å²) in [6, 6.07) is 14.8. The topological polar surface area (TPSA) is 87.6 Å². The minimum Gasteiger partial charge on any atom is -0.399 e. The van der Waals surface area contributed by atoms with Gasteiger partial charge in [0, 0.05) is 16.8 Å². The summed E-state index contributed by atoms with van der Waals surface area (Å²) in [4.78, 5) is 8.44. The van der Waals surface area contributed by atoms with Crippen LogP contribution in [0.2, 0.25) is 0 Å². The fourth-order valence-electron chi connectivity index (χ4n) is 1.94. The average Bonchev–Trinajstić information content (AvgIpc) is 2.48. The number of anilines is 3. The first-order chi connectivity index (χ1) is 9.76. The molecule has 0 saturated heterocycles. The first-order valence-corrected chi connectivity index (χ1v) is 6.04. The number of nitrogens with two attached hydrogens (primary N) is 1. The van der Waals surface area contributed by atoms with Crippen LogP contribution in [0, 0.1) is 11.3 Å². The van der Waals surface area contributed by atoms with Crippen molar-refractivity contribution in [3.63, 3.8) is 0 Å². The highest BCUT2D eigenvalue weighted by Gasteiger charge is 2.04. The molecule has 1 aromatic heterocycles. The molecule has 2 aromatic carbocycles. The summed E-state index contributed by atoms with van der Waals surface area (Å²) in [5.41, 5.74) is 8.69. The molecule has 5 nitrogen and oxygen atoms in total. The van der Waals surface area contributed by atoms with E-state index in [9.17, 15) is 0 Å². The Hall–Kier alpha value is -3.13. The van der Waals surface area contributed by atoms with Crippen molar-refractivity contribution in [3.05, 3.63) is 54.4 Å². The Morgan fingerprint density at radius 3 is 2.60 bits per heavy atom. The van der Waals surface area contributed by atoms with E-state index >= 15 is 0 Å². The predicted molar refractivity (Wildman–Crippen MR) is 78.4 cm³/mol. The molecule has 0 unspecified atom stereocenters. The molecule has 0 radical (unpaired) electrons. The predicted octanol–water partition coefficient (Wildman–Crippen LogP) is 2.83. The number of hydrogen-bond acceptors (Lipinski definition) is 5. The fourth-order valence-corrected chi connectivity index (χ4v) is 1.94. The van der Waals surface area contributed by atoms with E-state index < -0.39 is 0 Å². The van der Waals surface area contributed by atoms with Crippen molar-refractivity contribution in [1.29, 1.82) is 5.26 Å². The van der Waals surface area contributed by atoms with Crippen molar-refractivity contribution >= 4 is 28.1 Å². The molecular weight excluding hydrogens is 250 g/mol. The van der Waals surface area contributed by atoms with E-state index in [0.717, 1.165) is 16.6 Å². The number of rotatable bonds is 2. The zero-order valence-electron chi connectivity index (χ0n) is 10.5. The van der Waals surface area contributed by atoms with Gasteiger partial charge in [0.25, 0.3) is 0 Å². The number of nitriles is 1. The zero-order chi connectivity index (χ0) is 13.9. The molecule has 20 heavy (non-hydrogen) atoms. The van der Waals surface area contributed by atoms with E-state index in [1.807, 2.05) is 24.3 Å². The molecule has 0 amide bonds. The Labute approximate surface area is 115 Å². The van der Waals surface area contributed by atoms with Crippen molar-refractivity contribution in [2.45, 2.75) is 0 Å². The number of aromatic nitrogens is 2. The molecule has 0 saturated carbocycles. The lowest BCUT2D eigenvalue weighted by molar-refractivity contribution is 1.22. The molecule has 0 aliphatic rings. The van der Waals surface area contributed by atoms with E-state index in [2.05, 4.69) is 21.4 Å². The van der Waals surface area contributed by atoms with Crippen LogP contribution in [0.15, 0.2) is 48.8 Å². The molecule has 96 valence electrons. The summed E-state index contributed by atoms with van der Waals surface area (Å²) < 4.78 is 0. The van der Waals surface area contributed by atoms with Crippen LogP contribution in [0.5, 0.6) is 0 Å². The average molecular weight is 261 g/mol. The van der Waals surface area contributed by atoms with E-state index in [0.29, 0.717) is 17.1 Å². The molecule has 0 fully saturated rings. The van der Waals surface area contributed by atoms with E-state index in [-0.39, 0.29) is 0 Å². The van der Waals surface area contributed by atoms with Crippen LogP contribution in [-0.4, -0.2) is 9.97 Å². The number of fused-ring (bicyclic) bond motifs is 1. The van der Waals surface area contributed by atoms with Gasteiger partial charge in [0.05, 0.1) is 17.1 Å². The minimum absolute atomic E-state index is 0.621. The number of nitrogens with one attached hydrogen (secondary N) is 1. The second-order valence-electron chi connectivity index (χ2n) is 4.31. The Balaban J connectivity index is 2.00. The van der Waals surface area contributed by atoms with Gasteiger partial charge in [0.1, 0.15) is 12.1 Å². The monoisotopic (exact) mass is 261 g/mol. The Kier molecular flexibility index (Phi) is 2.90. The molecule has 0 spiro atoms. The maximum Gasteiger partial charge on any atom is 0.141 e. The third-order valence-corrected chi connectivity index (χ3v) is 2.94. The van der Waals surface area contributed by atoms with Gasteiger partial charge in [0.2, 0.25) is 0 Å². The van der Waals surface area contributed by atoms with Gasteiger partial charge in [-0.25, -0.2) is 9.97 Å². The molecule has 0 aliphatic carbocycles. The van der Waals surface area contributed by atoms with Crippen LogP contribution in [0.1, 0.15) is 5.56 Å². The van der Waals surface area contributed by atoms with E-state index in [1.165, 1.54) is 6.33 Å². The molecule has 0 aliphatic heterocycles. The standard InChI is InChI=1S/C15H11N5/c16-8-10-1-4-12(5-2-10)20-15-13-6-3-11(17)7-14(13)18-9-19-15/h1-7,9H,17H2,(H,18,19,20). The zero-order valence-corrected chi connectivity index (χ0v) is 10.5. The number of nitrogen functional groups attached to an aromatic ring is 1. The molecule has 0 atom stereocenters. The molecule has 5 heteroatoms. The van der Waals surface area contributed by atoms with Gasteiger partial charge in [-0.2, -0.15) is 5.26 Å². The van der Waals surface area contributed by atoms with Crippen LogP contribution in [0.4, 0.5) is 17.2 Å². The van der Waals surface area contributed by atoms with Crippen LogP contribution in [0.25, 0.3) is 10.9 Å². The summed E-state index contributed by atoms with van der Waals surface area (Å²) >= 11 is 0. The maximum absolute atomic E-state index is 8.78. The highest BCUT2D eigenvalue weighted by atomic mass is 15.0. The number of hydrogen-bond donors (Lipinski definition) is 2. The smallest absolute Gasteiger partial charge is 0.141 e. The minimum atomic E-state index is 0.621. The molecule has 3 rings (SSSR count). The van der Waals surface area contributed by atoms with Crippen molar-refractivity contribution in [2.24, 2.45) is 0 Å². The molecular formula is C15H11N5. The van der Waals surface area contributed by atoms with Crippen molar-refractivity contribution in [3.8, 4) is 6.07 Å². The van der Waals surface area contributed by atoms with Gasteiger partial charge in [0.15, 0.2) is 0 Å². The largest absolute Gasteiger partial charge is 0.399 e. The Morgan fingerprint density at radius 2 is 1.85 bits per heavy atom. The van der Waals surface area contributed by atoms with Gasteiger partial charge in [-0.1, -0.05) is 0 Å². The molecule has 1 heterocycles. The summed E-state index contributed by atoms with van der Waals surface area (Å²) in [5, 5.41) is 12.9. The Morgan fingerprint density at radius 1 is 1.05 bits per heavy atom. The van der Waals surface area contributed by atoms with Crippen molar-refractivity contribution in [1.82, 2.24) is 9.97 Å². The normalized spacial score (nSPS) is 10.2. The highest BCUT2D eigenvalue weighted by Crippen LogP contribution is 2.24. The first-order valence-electron chi connectivity index (χ1n) is 6.04. The van der Waals surface area contributed by atoms with Crippen molar-refractivity contribution < 1.29 is 0 Å². The lowest BCUT2D eigenvalue weighted by atomic mass is 10.2. The Bertz CT molecular complexity index is 803. The molecule has 3 N–H and O–H groups in total. The fraction of sp³-hybridized carbons (Fsp3) is 0. The van der Waals surface area contributed by atoms with Crippen LogP contribution in [-0.2, 0) is 0 Å². The SMILES string of the molecule is N#Cc1ccc(Nc2ncnc3cc(N)ccc23)cc1. The summed E-state index contributed by atoms with van der Waals surface area (Å²) in [7, 11) is 0. The van der Waals surface area contributed by atoms with Gasteiger partial charge < -0.3 is 11.1 Å². The second-order valence-corrected chi connectivity index (χ2v) is 4.31. The summed E-state index contributed by atoms with van der Waals surface area (Å²) in [6.07, 6.45) is 1.49. The summed E-state index contributed by atoms with van der Waals surface area (Å²) in [6.45, 7) is 0. The highest BCUT2D eigenvalue weighted by molar-refractivity contribution is 5.92. The van der Waals surface area contributed by atoms with Crippen LogP contribution < -0.4 is 11.1 Å². The molecule has 3 aromatic rings. The lowest BCUT2D eigenvalue weighted by Crippen LogP contribution is -1.96. The third-order valence-electron chi connectivity index (χ3n) is 2.94. The summed E-state index contributed by atoms with van der Waals surface area (Å²) in [5.74, 6) is 0.708. The van der Waals surface area contributed by atoms with Gasteiger partial charge in [-0.05, 0) is 42.5 Å². The second kappa shape index (κ2) is 4.86. The first kappa shape index (κ1) is 11.9. The van der Waals surface area contributed by atoms with Crippen molar-refractivity contribution in [2.75, 3.05) is 11.1 Å². The van der Waals surface area contributed by atoms with E-state index in [4.69, 9.17) is 11.0 Å². The number of benzene rings is 2. The van der Waals surface area contributed by atoms with E-state index in [1.54, 1.807) is 18.2 Å². The van der Waals surface area contributed by atoms with Crippen LogP contribution >= 0.6 is 0 Å². The van der Waals surface area contributed by atoms with Gasteiger partial charge >= 0.3 is 0 Å². The maximum atomic E-state index is 8.78. The lowest BCUT2D eigenvalue weighted by Gasteiger charge is -2.08. The third kappa shape index (κ3) is 2.22. The quantitative estimate of drug-likeness (QED) is 0.692. The van der Waals surface area contributed by atoms with Gasteiger partial charge in [-0.3, -0.25) is 0 Å². The number of nitrogens with zero attached hydrogens (tertiary/aromatic N) is 3.